The van der Waals surface area contributed by atoms with E-state index in [2.05, 4.69) is 5.32 Å². The molecule has 0 atom stereocenters. The molecule has 0 unspecified atom stereocenters. The fourth-order valence-corrected chi connectivity index (χ4v) is 1.24. The number of aliphatic hydroxyl groups excluding tert-OH is 1. The molecule has 2 N–H and O–H groups in total. The molecule has 1 aliphatic heterocycles. The number of nitrogens with one attached hydrogen (secondary N) is 1. The summed E-state index contributed by atoms with van der Waals surface area (Å²) in [5.41, 5.74) is 0.507. The first-order chi connectivity index (χ1) is 7.20. The molecule has 15 heavy (non-hydrogen) atoms. The molecule has 0 spiro atoms. The fourth-order valence-electron chi connectivity index (χ4n) is 1.24. The Bertz CT molecular complexity index is 442. The van der Waals surface area contributed by atoms with Gasteiger partial charge in [0.2, 0.25) is 0 Å². The Labute approximate surface area is 84.9 Å². The molecule has 0 fully saturated rings. The van der Waals surface area contributed by atoms with Gasteiger partial charge in [0, 0.05) is 18.3 Å². The van der Waals surface area contributed by atoms with E-state index in [1.54, 1.807) is 0 Å². The minimum atomic E-state index is -0.479. The highest BCUT2D eigenvalue weighted by Crippen LogP contribution is 2.32. The highest BCUT2D eigenvalue weighted by Gasteiger charge is 2.15. The van der Waals surface area contributed by atoms with Gasteiger partial charge in [-0.2, -0.15) is 0 Å². The molecule has 0 aromatic heterocycles. The maximum Gasteiger partial charge on any atom is 0.271 e. The Morgan fingerprint density at radius 1 is 1.53 bits per heavy atom. The Kier molecular flexibility index (Phi) is 2.26. The first-order valence-electron chi connectivity index (χ1n) is 4.23. The van der Waals surface area contributed by atoms with Crippen LogP contribution in [0.15, 0.2) is 30.2 Å². The van der Waals surface area contributed by atoms with Crippen molar-refractivity contribution in [2.24, 2.45) is 0 Å². The van der Waals surface area contributed by atoms with Crippen molar-refractivity contribution in [3.8, 4) is 5.75 Å². The molecule has 6 nitrogen and oxygen atoms in total. The van der Waals surface area contributed by atoms with E-state index in [-0.39, 0.29) is 12.3 Å². The highest BCUT2D eigenvalue weighted by molar-refractivity contribution is 5.64. The van der Waals surface area contributed by atoms with Crippen LogP contribution in [0.2, 0.25) is 0 Å². The summed E-state index contributed by atoms with van der Waals surface area (Å²) >= 11 is 0. The van der Waals surface area contributed by atoms with Crippen LogP contribution < -0.4 is 10.1 Å². The summed E-state index contributed by atoms with van der Waals surface area (Å²) in [5.74, 6) is 0.837. The fraction of sp³-hybridized carbons (Fsp3) is 0.111. The number of anilines is 1. The van der Waals surface area contributed by atoms with Gasteiger partial charge in [-0.05, 0) is 6.07 Å². The van der Waals surface area contributed by atoms with Crippen molar-refractivity contribution in [3.63, 3.8) is 0 Å². The number of nitrogens with zero attached hydrogens (tertiary/aromatic N) is 1. The lowest BCUT2D eigenvalue weighted by Crippen LogP contribution is -2.10. The van der Waals surface area contributed by atoms with Crippen LogP contribution in [0.4, 0.5) is 11.4 Å². The number of aliphatic hydroxyl groups is 1. The van der Waals surface area contributed by atoms with Crippen molar-refractivity contribution >= 4 is 11.4 Å². The van der Waals surface area contributed by atoms with E-state index < -0.39 is 4.92 Å². The van der Waals surface area contributed by atoms with E-state index in [9.17, 15) is 10.1 Å². The standard InChI is InChI=1S/C9H8N2O4/c12-5-7-4-10-8-3-6(11(13)14)1-2-9(8)15-7/h1-4,10,12H,5H2. The molecule has 0 aliphatic carbocycles. The van der Waals surface area contributed by atoms with E-state index in [0.29, 0.717) is 17.2 Å². The predicted molar refractivity (Wildman–Crippen MR) is 52.5 cm³/mol. The summed E-state index contributed by atoms with van der Waals surface area (Å²) in [5, 5.41) is 22.1. The van der Waals surface area contributed by atoms with Gasteiger partial charge in [0.1, 0.15) is 12.4 Å². The molecule has 1 aliphatic rings. The average molecular weight is 208 g/mol. The lowest BCUT2D eigenvalue weighted by Gasteiger charge is -2.17. The van der Waals surface area contributed by atoms with Crippen LogP contribution in [0.3, 0.4) is 0 Å². The third-order valence-corrected chi connectivity index (χ3v) is 1.96. The number of ether oxygens (including phenoxy) is 1. The van der Waals surface area contributed by atoms with Crippen LogP contribution in [0.25, 0.3) is 0 Å². The molecular formula is C9H8N2O4. The van der Waals surface area contributed by atoms with Crippen molar-refractivity contribution in [3.05, 3.63) is 40.3 Å². The van der Waals surface area contributed by atoms with Gasteiger partial charge < -0.3 is 15.2 Å². The molecule has 1 aromatic rings. The summed E-state index contributed by atoms with van der Waals surface area (Å²) < 4.78 is 5.24. The van der Waals surface area contributed by atoms with Crippen LogP contribution in [0.1, 0.15) is 0 Å². The minimum Gasteiger partial charge on any atom is -0.456 e. The topological polar surface area (TPSA) is 84.6 Å². The Balaban J connectivity index is 2.33. The number of non-ortho nitro benzene ring substituents is 1. The summed E-state index contributed by atoms with van der Waals surface area (Å²) in [6.45, 7) is -0.219. The van der Waals surface area contributed by atoms with Crippen LogP contribution in [-0.4, -0.2) is 16.6 Å². The molecule has 1 heterocycles. The predicted octanol–water partition coefficient (Wildman–Crippen LogP) is 1.23. The quantitative estimate of drug-likeness (QED) is 0.564. The van der Waals surface area contributed by atoms with E-state index in [0.717, 1.165) is 0 Å². The zero-order valence-corrected chi connectivity index (χ0v) is 7.64. The number of rotatable bonds is 2. The maximum absolute atomic E-state index is 10.5. The molecule has 0 bridgehead atoms. The Hall–Kier alpha value is -2.08. The normalized spacial score (nSPS) is 13.3. The van der Waals surface area contributed by atoms with Crippen molar-refractivity contribution < 1.29 is 14.8 Å². The second kappa shape index (κ2) is 3.58. The van der Waals surface area contributed by atoms with Gasteiger partial charge in [-0.3, -0.25) is 10.1 Å². The first-order valence-corrected chi connectivity index (χ1v) is 4.23. The van der Waals surface area contributed by atoms with Gasteiger partial charge in [-0.25, -0.2) is 0 Å². The second-order valence-electron chi connectivity index (χ2n) is 2.95. The van der Waals surface area contributed by atoms with Crippen LogP contribution in [0, 0.1) is 10.1 Å². The number of hydrogen-bond donors (Lipinski definition) is 2. The van der Waals surface area contributed by atoms with Crippen LogP contribution in [0.5, 0.6) is 5.75 Å². The number of fused-ring (bicyclic) bond motifs is 1. The maximum atomic E-state index is 10.5. The molecular weight excluding hydrogens is 200 g/mol. The summed E-state index contributed by atoms with van der Waals surface area (Å²) in [6.07, 6.45) is 1.46. The van der Waals surface area contributed by atoms with E-state index in [4.69, 9.17) is 9.84 Å². The smallest absolute Gasteiger partial charge is 0.271 e. The van der Waals surface area contributed by atoms with Gasteiger partial charge >= 0.3 is 0 Å². The Morgan fingerprint density at radius 3 is 3.00 bits per heavy atom. The van der Waals surface area contributed by atoms with Crippen LogP contribution in [-0.2, 0) is 0 Å². The first kappa shape index (κ1) is 9.47. The molecule has 78 valence electrons. The number of benzene rings is 1. The number of hydrogen-bond acceptors (Lipinski definition) is 5. The van der Waals surface area contributed by atoms with Crippen molar-refractivity contribution in [1.82, 2.24) is 0 Å². The highest BCUT2D eigenvalue weighted by atomic mass is 16.6. The average Bonchev–Trinajstić information content (AvgIpc) is 2.27. The lowest BCUT2D eigenvalue weighted by atomic mass is 10.2. The Morgan fingerprint density at radius 2 is 2.33 bits per heavy atom. The van der Waals surface area contributed by atoms with Crippen molar-refractivity contribution in [2.75, 3.05) is 11.9 Å². The second-order valence-corrected chi connectivity index (χ2v) is 2.95. The van der Waals surface area contributed by atoms with Gasteiger partial charge in [0.15, 0.2) is 5.75 Å². The molecule has 0 amide bonds. The number of nitro groups is 1. The van der Waals surface area contributed by atoms with E-state index in [1.165, 1.54) is 24.4 Å². The largest absolute Gasteiger partial charge is 0.456 e. The number of nitro benzene ring substituents is 1. The molecule has 0 saturated heterocycles. The molecule has 1 aromatic carbocycles. The van der Waals surface area contributed by atoms with Crippen molar-refractivity contribution in [2.45, 2.75) is 0 Å². The summed E-state index contributed by atoms with van der Waals surface area (Å²) in [6, 6.07) is 4.21. The zero-order chi connectivity index (χ0) is 10.8. The molecule has 0 radical (unpaired) electrons. The van der Waals surface area contributed by atoms with Gasteiger partial charge in [-0.1, -0.05) is 0 Å². The van der Waals surface area contributed by atoms with Gasteiger partial charge in [0.25, 0.3) is 5.69 Å². The van der Waals surface area contributed by atoms with E-state index >= 15 is 0 Å². The third-order valence-electron chi connectivity index (χ3n) is 1.96. The van der Waals surface area contributed by atoms with Crippen LogP contribution >= 0.6 is 0 Å². The monoisotopic (exact) mass is 208 g/mol. The lowest BCUT2D eigenvalue weighted by molar-refractivity contribution is -0.384. The third kappa shape index (κ3) is 1.75. The zero-order valence-electron chi connectivity index (χ0n) is 7.64. The minimum absolute atomic E-state index is 0.00861. The molecule has 0 saturated carbocycles. The van der Waals surface area contributed by atoms with Crippen molar-refractivity contribution in [1.29, 1.82) is 0 Å². The van der Waals surface area contributed by atoms with Gasteiger partial charge in [0.05, 0.1) is 10.6 Å². The van der Waals surface area contributed by atoms with E-state index in [1.807, 2.05) is 0 Å². The summed E-state index contributed by atoms with van der Waals surface area (Å²) in [7, 11) is 0. The van der Waals surface area contributed by atoms with Gasteiger partial charge in [-0.15, -0.1) is 0 Å². The summed E-state index contributed by atoms with van der Waals surface area (Å²) in [4.78, 5) is 10.0. The molecule has 6 heteroatoms. The molecule has 2 rings (SSSR count). The SMILES string of the molecule is O=[N+]([O-])c1ccc2c(c1)NC=C(CO)O2.